The summed E-state index contributed by atoms with van der Waals surface area (Å²) >= 11 is 4.41. The number of sulfonamides is 1. The van der Waals surface area contributed by atoms with Crippen molar-refractivity contribution in [2.75, 3.05) is 4.90 Å². The maximum Gasteiger partial charge on any atom is 0.253 e. The van der Waals surface area contributed by atoms with E-state index in [2.05, 4.69) is 15.9 Å². The summed E-state index contributed by atoms with van der Waals surface area (Å²) < 4.78 is 28.6. The minimum absolute atomic E-state index is 0.153. The third kappa shape index (κ3) is 3.73. The maximum atomic E-state index is 13.2. The molecule has 0 radical (unpaired) electrons. The van der Waals surface area contributed by atoms with Gasteiger partial charge >= 0.3 is 0 Å². The number of carbonyl (C=O) groups is 2. The fourth-order valence-electron chi connectivity index (χ4n) is 3.16. The van der Waals surface area contributed by atoms with Gasteiger partial charge in [-0.25, -0.2) is 13.3 Å². The van der Waals surface area contributed by atoms with Crippen molar-refractivity contribution in [3.8, 4) is 0 Å². The summed E-state index contributed by atoms with van der Waals surface area (Å²) in [6.07, 6.45) is -0.184. The number of hydrogen-bond acceptors (Lipinski definition) is 5. The molecule has 0 N–H and O–H groups in total. The summed E-state index contributed by atoms with van der Waals surface area (Å²) in [7, 11) is -3.92. The zero-order valence-electron chi connectivity index (χ0n) is 15.0. The predicted octanol–water partition coefficient (Wildman–Crippen LogP) is 3.63. The smallest absolute Gasteiger partial charge is 0.253 e. The Morgan fingerprint density at radius 2 is 1.78 bits per heavy atom. The Morgan fingerprint density at radius 1 is 1.15 bits per heavy atom. The molecule has 0 saturated carbocycles. The molecule has 2 heterocycles. The fourth-order valence-corrected chi connectivity index (χ4v) is 6.44. The SMILES string of the molecule is CC(C)(C)N(C1CC(=O)N(c2ccc(Br)cc2)C1=O)S(=O)(=O)c1cccs1. The van der Waals surface area contributed by atoms with Crippen LogP contribution in [-0.2, 0) is 19.6 Å². The second kappa shape index (κ2) is 7.12. The lowest BCUT2D eigenvalue weighted by Gasteiger charge is -2.37. The van der Waals surface area contributed by atoms with Gasteiger partial charge in [-0.1, -0.05) is 22.0 Å². The first kappa shape index (κ1) is 20.2. The van der Waals surface area contributed by atoms with Gasteiger partial charge in [-0.15, -0.1) is 11.3 Å². The maximum absolute atomic E-state index is 13.2. The number of carbonyl (C=O) groups excluding carboxylic acids is 2. The van der Waals surface area contributed by atoms with Gasteiger partial charge in [0, 0.05) is 10.0 Å². The highest BCUT2D eigenvalue weighted by molar-refractivity contribution is 9.10. The van der Waals surface area contributed by atoms with Crippen molar-refractivity contribution in [2.24, 2.45) is 0 Å². The lowest BCUT2D eigenvalue weighted by molar-refractivity contribution is -0.122. The van der Waals surface area contributed by atoms with Crippen LogP contribution in [0.4, 0.5) is 5.69 Å². The van der Waals surface area contributed by atoms with Gasteiger partial charge in [0.15, 0.2) is 0 Å². The minimum Gasteiger partial charge on any atom is -0.274 e. The zero-order chi connectivity index (χ0) is 20.0. The number of halogens is 1. The van der Waals surface area contributed by atoms with Gasteiger partial charge in [0.05, 0.1) is 12.1 Å². The lowest BCUT2D eigenvalue weighted by atomic mass is 10.1. The summed E-state index contributed by atoms with van der Waals surface area (Å²) in [5, 5.41) is 1.67. The predicted molar refractivity (Wildman–Crippen MR) is 108 cm³/mol. The van der Waals surface area contributed by atoms with Crippen LogP contribution in [0.2, 0.25) is 0 Å². The number of anilines is 1. The first-order valence-electron chi connectivity index (χ1n) is 8.24. The molecule has 0 aliphatic carbocycles. The molecule has 1 aromatic heterocycles. The highest BCUT2D eigenvalue weighted by atomic mass is 79.9. The van der Waals surface area contributed by atoms with E-state index >= 15 is 0 Å². The second-order valence-corrected chi connectivity index (χ2v) is 11.1. The number of nitrogens with zero attached hydrogens (tertiary/aromatic N) is 2. The molecule has 1 atom stereocenters. The standard InChI is InChI=1S/C18H19BrN2O4S2/c1-18(2,3)21(27(24,25)16-5-4-10-26-16)14-11-15(22)20(17(14)23)13-8-6-12(19)7-9-13/h4-10,14H,11H2,1-3H3. The molecule has 1 aromatic carbocycles. The molecule has 6 nitrogen and oxygen atoms in total. The molecular weight excluding hydrogens is 452 g/mol. The molecule has 3 rings (SSSR count). The Hall–Kier alpha value is -1.55. The number of benzene rings is 1. The summed E-state index contributed by atoms with van der Waals surface area (Å²) in [6, 6.07) is 8.84. The molecule has 2 aromatic rings. The molecular formula is C18H19BrN2O4S2. The van der Waals surface area contributed by atoms with Gasteiger partial charge in [0.1, 0.15) is 10.3 Å². The van der Waals surface area contributed by atoms with Crippen molar-refractivity contribution in [2.45, 2.75) is 43.0 Å². The summed E-state index contributed by atoms with van der Waals surface area (Å²) in [6.45, 7) is 5.16. The Labute approximate surface area is 171 Å². The molecule has 1 unspecified atom stereocenters. The molecule has 27 heavy (non-hydrogen) atoms. The Balaban J connectivity index is 2.03. The molecule has 0 spiro atoms. The van der Waals surface area contributed by atoms with Crippen LogP contribution in [0.25, 0.3) is 0 Å². The topological polar surface area (TPSA) is 74.8 Å². The molecule has 0 bridgehead atoms. The molecule has 1 saturated heterocycles. The van der Waals surface area contributed by atoms with Gasteiger partial charge in [-0.3, -0.25) is 9.59 Å². The third-order valence-electron chi connectivity index (χ3n) is 4.16. The third-order valence-corrected chi connectivity index (χ3v) is 8.24. The van der Waals surface area contributed by atoms with E-state index in [-0.39, 0.29) is 10.6 Å². The largest absolute Gasteiger partial charge is 0.274 e. The minimum atomic E-state index is -3.92. The van der Waals surface area contributed by atoms with Gasteiger partial charge in [0.25, 0.3) is 15.9 Å². The van der Waals surface area contributed by atoms with Crippen LogP contribution in [-0.4, -0.2) is 36.1 Å². The average Bonchev–Trinajstić information content (AvgIpc) is 3.17. The van der Waals surface area contributed by atoms with Crippen LogP contribution >= 0.6 is 27.3 Å². The van der Waals surface area contributed by atoms with E-state index in [4.69, 9.17) is 0 Å². The van der Waals surface area contributed by atoms with Crippen molar-refractivity contribution in [1.29, 1.82) is 0 Å². The van der Waals surface area contributed by atoms with Crippen LogP contribution in [0.15, 0.2) is 50.5 Å². The Morgan fingerprint density at radius 3 is 2.30 bits per heavy atom. The first-order valence-corrected chi connectivity index (χ1v) is 11.3. The Kier molecular flexibility index (Phi) is 5.33. The number of hydrogen-bond donors (Lipinski definition) is 0. The van der Waals surface area contributed by atoms with Crippen molar-refractivity contribution in [3.05, 3.63) is 46.3 Å². The lowest BCUT2D eigenvalue weighted by Crippen LogP contribution is -2.54. The van der Waals surface area contributed by atoms with Crippen molar-refractivity contribution in [1.82, 2.24) is 4.31 Å². The summed E-state index contributed by atoms with van der Waals surface area (Å²) in [5.74, 6) is -0.944. The van der Waals surface area contributed by atoms with Crippen LogP contribution < -0.4 is 4.90 Å². The van der Waals surface area contributed by atoms with E-state index in [0.717, 1.165) is 20.7 Å². The number of rotatable bonds is 4. The van der Waals surface area contributed by atoms with Gasteiger partial charge < -0.3 is 0 Å². The summed E-state index contributed by atoms with van der Waals surface area (Å²) in [4.78, 5) is 26.8. The van der Waals surface area contributed by atoms with Crippen LogP contribution in [0.3, 0.4) is 0 Å². The molecule has 9 heteroatoms. The highest BCUT2D eigenvalue weighted by Crippen LogP contribution is 2.35. The van der Waals surface area contributed by atoms with Crippen molar-refractivity contribution < 1.29 is 18.0 Å². The van der Waals surface area contributed by atoms with Gasteiger partial charge in [-0.05, 0) is 56.5 Å². The highest BCUT2D eigenvalue weighted by Gasteiger charge is 2.50. The normalized spacial score (nSPS) is 18.6. The van der Waals surface area contributed by atoms with E-state index < -0.39 is 33.4 Å². The van der Waals surface area contributed by atoms with E-state index in [0.29, 0.717) is 5.69 Å². The fraction of sp³-hybridized carbons (Fsp3) is 0.333. The molecule has 1 fully saturated rings. The molecule has 1 aliphatic heterocycles. The van der Waals surface area contributed by atoms with Gasteiger partial charge in [0.2, 0.25) is 5.91 Å². The van der Waals surface area contributed by atoms with Crippen molar-refractivity contribution in [3.63, 3.8) is 0 Å². The van der Waals surface area contributed by atoms with E-state index in [1.807, 2.05) is 0 Å². The molecule has 144 valence electrons. The molecule has 2 amide bonds. The van der Waals surface area contributed by atoms with Crippen LogP contribution in [0.5, 0.6) is 0 Å². The first-order chi connectivity index (χ1) is 12.5. The monoisotopic (exact) mass is 470 g/mol. The van der Waals surface area contributed by atoms with E-state index in [1.165, 1.54) is 10.4 Å². The Bertz CT molecular complexity index is 964. The average molecular weight is 471 g/mol. The molecule has 1 aliphatic rings. The zero-order valence-corrected chi connectivity index (χ0v) is 18.3. The number of thiophene rings is 1. The number of amides is 2. The van der Waals surface area contributed by atoms with E-state index in [1.54, 1.807) is 56.5 Å². The van der Waals surface area contributed by atoms with Crippen LogP contribution in [0, 0.1) is 0 Å². The van der Waals surface area contributed by atoms with Gasteiger partial charge in [-0.2, -0.15) is 4.31 Å². The van der Waals surface area contributed by atoms with Crippen molar-refractivity contribution >= 4 is 54.8 Å². The number of imide groups is 1. The summed E-state index contributed by atoms with van der Waals surface area (Å²) in [5.41, 5.74) is -0.447. The van der Waals surface area contributed by atoms with E-state index in [9.17, 15) is 18.0 Å². The second-order valence-electron chi connectivity index (χ2n) is 7.17. The van der Waals surface area contributed by atoms with Crippen LogP contribution in [0.1, 0.15) is 27.2 Å². The quantitative estimate of drug-likeness (QED) is 0.639.